The van der Waals surface area contributed by atoms with E-state index in [1.165, 1.54) is 0 Å². The molecule has 1 fully saturated rings. The Morgan fingerprint density at radius 3 is 2.95 bits per heavy atom. The standard InChI is InChI=1S/C13H21N3O3/c1-4-16-7-8-19-11(9-16)12-14-6-5-10(15-12)13(17-2)18-3/h5-6,11,13H,4,7-9H2,1-3H3. The molecule has 106 valence electrons. The second-order valence-electron chi connectivity index (χ2n) is 4.40. The average Bonchev–Trinajstić information content (AvgIpc) is 2.49. The number of likely N-dealkylation sites (N-methyl/N-ethyl adjacent to an activating group) is 1. The van der Waals surface area contributed by atoms with E-state index in [2.05, 4.69) is 21.8 Å². The third-order valence-electron chi connectivity index (χ3n) is 3.25. The largest absolute Gasteiger partial charge is 0.368 e. The minimum absolute atomic E-state index is 0.0805. The quantitative estimate of drug-likeness (QED) is 0.746. The molecular formula is C13H21N3O3. The molecule has 1 saturated heterocycles. The summed E-state index contributed by atoms with van der Waals surface area (Å²) in [6, 6.07) is 1.79. The SMILES string of the molecule is CCN1CCOC(c2nccc(C(OC)OC)n2)C1. The molecule has 0 aromatic carbocycles. The second-order valence-corrected chi connectivity index (χ2v) is 4.40. The van der Waals surface area contributed by atoms with Crippen molar-refractivity contribution in [3.63, 3.8) is 0 Å². The lowest BCUT2D eigenvalue weighted by Crippen LogP contribution is -2.38. The van der Waals surface area contributed by atoms with Gasteiger partial charge in [0.2, 0.25) is 6.29 Å². The van der Waals surface area contributed by atoms with E-state index in [-0.39, 0.29) is 6.10 Å². The van der Waals surface area contributed by atoms with Gasteiger partial charge in [0.05, 0.1) is 6.61 Å². The summed E-state index contributed by atoms with van der Waals surface area (Å²) in [5.74, 6) is 0.690. The molecule has 19 heavy (non-hydrogen) atoms. The Kier molecular flexibility index (Phi) is 5.21. The molecule has 1 unspecified atom stereocenters. The lowest BCUT2D eigenvalue weighted by Gasteiger charge is -2.31. The summed E-state index contributed by atoms with van der Waals surface area (Å²) < 4.78 is 16.2. The van der Waals surface area contributed by atoms with Crippen LogP contribution < -0.4 is 0 Å². The van der Waals surface area contributed by atoms with Gasteiger partial charge in [0.25, 0.3) is 0 Å². The van der Waals surface area contributed by atoms with Crippen LogP contribution in [0, 0.1) is 0 Å². The summed E-state index contributed by atoms with van der Waals surface area (Å²) >= 11 is 0. The topological polar surface area (TPSA) is 56.7 Å². The molecule has 1 aliphatic heterocycles. The number of rotatable bonds is 5. The average molecular weight is 267 g/mol. The predicted molar refractivity (Wildman–Crippen MR) is 69.6 cm³/mol. The predicted octanol–water partition coefficient (Wildman–Crippen LogP) is 1.16. The van der Waals surface area contributed by atoms with Crippen molar-refractivity contribution in [2.45, 2.75) is 19.3 Å². The molecule has 1 aliphatic rings. The van der Waals surface area contributed by atoms with Crippen molar-refractivity contribution in [1.82, 2.24) is 14.9 Å². The fraction of sp³-hybridized carbons (Fsp3) is 0.692. The molecule has 1 atom stereocenters. The van der Waals surface area contributed by atoms with E-state index in [4.69, 9.17) is 14.2 Å². The number of methoxy groups -OCH3 is 2. The van der Waals surface area contributed by atoms with Gasteiger partial charge in [-0.15, -0.1) is 0 Å². The first-order valence-corrected chi connectivity index (χ1v) is 6.50. The molecule has 0 amide bonds. The van der Waals surface area contributed by atoms with Crippen LogP contribution in [0.3, 0.4) is 0 Å². The molecule has 6 nitrogen and oxygen atoms in total. The highest BCUT2D eigenvalue weighted by atomic mass is 16.7. The molecule has 2 rings (SSSR count). The van der Waals surface area contributed by atoms with Gasteiger partial charge in [-0.2, -0.15) is 0 Å². The van der Waals surface area contributed by atoms with E-state index >= 15 is 0 Å². The van der Waals surface area contributed by atoms with Gasteiger partial charge >= 0.3 is 0 Å². The maximum absolute atomic E-state index is 5.75. The second kappa shape index (κ2) is 6.91. The Hall–Kier alpha value is -1.08. The van der Waals surface area contributed by atoms with Crippen molar-refractivity contribution < 1.29 is 14.2 Å². The van der Waals surface area contributed by atoms with Crippen LogP contribution in [0.2, 0.25) is 0 Å². The Balaban J connectivity index is 2.13. The highest BCUT2D eigenvalue weighted by Crippen LogP contribution is 2.21. The van der Waals surface area contributed by atoms with E-state index in [9.17, 15) is 0 Å². The monoisotopic (exact) mass is 267 g/mol. The van der Waals surface area contributed by atoms with Crippen molar-refractivity contribution in [3.8, 4) is 0 Å². The van der Waals surface area contributed by atoms with Gasteiger partial charge in [0.1, 0.15) is 11.8 Å². The van der Waals surface area contributed by atoms with Gasteiger partial charge < -0.3 is 14.2 Å². The highest BCUT2D eigenvalue weighted by molar-refractivity contribution is 5.06. The highest BCUT2D eigenvalue weighted by Gasteiger charge is 2.24. The van der Waals surface area contributed by atoms with Crippen molar-refractivity contribution in [3.05, 3.63) is 23.8 Å². The first-order chi connectivity index (χ1) is 9.28. The molecule has 0 radical (unpaired) electrons. The Bertz CT molecular complexity index is 398. The fourth-order valence-electron chi connectivity index (χ4n) is 2.16. The minimum atomic E-state index is -0.465. The molecule has 0 spiro atoms. The van der Waals surface area contributed by atoms with E-state index in [0.717, 1.165) is 19.6 Å². The van der Waals surface area contributed by atoms with Gasteiger partial charge in [-0.3, -0.25) is 4.90 Å². The Morgan fingerprint density at radius 2 is 2.26 bits per heavy atom. The van der Waals surface area contributed by atoms with Gasteiger partial charge in [0.15, 0.2) is 5.82 Å². The lowest BCUT2D eigenvalue weighted by molar-refractivity contribution is -0.109. The summed E-state index contributed by atoms with van der Waals surface area (Å²) in [6.07, 6.45) is 1.17. The Labute approximate surface area is 113 Å². The zero-order valence-corrected chi connectivity index (χ0v) is 11.7. The summed E-state index contributed by atoms with van der Waals surface area (Å²) in [5, 5.41) is 0. The molecule has 0 N–H and O–H groups in total. The van der Waals surface area contributed by atoms with Gasteiger partial charge in [-0.05, 0) is 12.6 Å². The van der Waals surface area contributed by atoms with Crippen LogP contribution in [0.15, 0.2) is 12.3 Å². The third-order valence-corrected chi connectivity index (χ3v) is 3.25. The van der Waals surface area contributed by atoms with Crippen LogP contribution in [0.4, 0.5) is 0 Å². The normalized spacial score (nSPS) is 20.9. The molecule has 0 saturated carbocycles. The van der Waals surface area contributed by atoms with Crippen molar-refractivity contribution >= 4 is 0 Å². The molecular weight excluding hydrogens is 246 g/mol. The number of morpholine rings is 1. The zero-order valence-electron chi connectivity index (χ0n) is 11.7. The maximum Gasteiger partial charge on any atom is 0.200 e. The summed E-state index contributed by atoms with van der Waals surface area (Å²) in [4.78, 5) is 11.1. The van der Waals surface area contributed by atoms with E-state index in [1.807, 2.05) is 0 Å². The summed E-state index contributed by atoms with van der Waals surface area (Å²) in [6.45, 7) is 5.66. The van der Waals surface area contributed by atoms with Crippen molar-refractivity contribution in [2.75, 3.05) is 40.5 Å². The molecule has 1 aromatic heterocycles. The summed E-state index contributed by atoms with van der Waals surface area (Å²) in [7, 11) is 3.18. The van der Waals surface area contributed by atoms with E-state index < -0.39 is 6.29 Å². The van der Waals surface area contributed by atoms with Gasteiger partial charge in [-0.1, -0.05) is 6.92 Å². The van der Waals surface area contributed by atoms with Gasteiger partial charge in [0, 0.05) is 33.5 Å². The van der Waals surface area contributed by atoms with Crippen LogP contribution in [-0.4, -0.2) is 55.3 Å². The smallest absolute Gasteiger partial charge is 0.200 e. The molecule has 2 heterocycles. The van der Waals surface area contributed by atoms with Crippen LogP contribution in [0.1, 0.15) is 30.8 Å². The van der Waals surface area contributed by atoms with Crippen LogP contribution >= 0.6 is 0 Å². The van der Waals surface area contributed by atoms with E-state index in [0.29, 0.717) is 18.1 Å². The number of nitrogens with zero attached hydrogens (tertiary/aromatic N) is 3. The lowest BCUT2D eigenvalue weighted by atomic mass is 10.2. The van der Waals surface area contributed by atoms with Gasteiger partial charge in [-0.25, -0.2) is 9.97 Å². The maximum atomic E-state index is 5.75. The van der Waals surface area contributed by atoms with Crippen LogP contribution in [0.5, 0.6) is 0 Å². The number of hydrogen-bond acceptors (Lipinski definition) is 6. The number of hydrogen-bond donors (Lipinski definition) is 0. The minimum Gasteiger partial charge on any atom is -0.368 e. The van der Waals surface area contributed by atoms with E-state index in [1.54, 1.807) is 26.5 Å². The van der Waals surface area contributed by atoms with Crippen molar-refractivity contribution in [1.29, 1.82) is 0 Å². The Morgan fingerprint density at radius 1 is 1.47 bits per heavy atom. The molecule has 1 aromatic rings. The number of aromatic nitrogens is 2. The number of ether oxygens (including phenoxy) is 3. The molecule has 0 bridgehead atoms. The first-order valence-electron chi connectivity index (χ1n) is 6.50. The summed E-state index contributed by atoms with van der Waals surface area (Å²) in [5.41, 5.74) is 0.715. The fourth-order valence-corrected chi connectivity index (χ4v) is 2.16. The zero-order chi connectivity index (χ0) is 13.7. The van der Waals surface area contributed by atoms with Crippen LogP contribution in [0.25, 0.3) is 0 Å². The van der Waals surface area contributed by atoms with Crippen LogP contribution in [-0.2, 0) is 14.2 Å². The molecule has 6 heteroatoms. The van der Waals surface area contributed by atoms with Crippen molar-refractivity contribution in [2.24, 2.45) is 0 Å². The first kappa shape index (κ1) is 14.3. The third kappa shape index (κ3) is 3.48. The molecule has 0 aliphatic carbocycles.